The maximum Gasteiger partial charge on any atom is 0.109 e. The Balaban J connectivity index is 0.000000181. The highest BCUT2D eigenvalue weighted by Crippen LogP contribution is 2.26. The molecule has 1 saturated carbocycles. The van der Waals surface area contributed by atoms with E-state index >= 15 is 0 Å². The number of nitrogens with two attached hydrogens (primary N) is 2. The average Bonchev–Trinajstić information content (AvgIpc) is 3.54. The van der Waals surface area contributed by atoms with Crippen LogP contribution in [0.15, 0.2) is 54.7 Å². The highest BCUT2D eigenvalue weighted by molar-refractivity contribution is 14.1. The fourth-order valence-electron chi connectivity index (χ4n) is 4.96. The molecule has 10 nitrogen and oxygen atoms in total. The van der Waals surface area contributed by atoms with Gasteiger partial charge in [-0.1, -0.05) is 61.6 Å². The number of rotatable bonds is 10. The van der Waals surface area contributed by atoms with Crippen LogP contribution in [0.2, 0.25) is 0 Å². The molecule has 5 N–H and O–H groups in total. The van der Waals surface area contributed by atoms with Crippen LogP contribution in [0.1, 0.15) is 55.8 Å². The fraction of sp³-hybridized carbons (Fsp3) is 0.543. The van der Waals surface area contributed by atoms with Crippen molar-refractivity contribution in [2.75, 3.05) is 40.1 Å². The number of hydrogen-bond acceptors (Lipinski definition) is 9. The summed E-state index contributed by atoms with van der Waals surface area (Å²) in [5.41, 5.74) is 15.0. The molecule has 11 heteroatoms. The molecule has 1 aliphatic carbocycles. The van der Waals surface area contributed by atoms with Gasteiger partial charge >= 0.3 is 0 Å². The predicted molar refractivity (Wildman–Crippen MR) is 190 cm³/mol. The molecular weight excluding hydrogens is 695 g/mol. The van der Waals surface area contributed by atoms with Gasteiger partial charge in [0.15, 0.2) is 0 Å². The third-order valence-corrected chi connectivity index (χ3v) is 8.73. The summed E-state index contributed by atoms with van der Waals surface area (Å²) < 4.78 is 23.5. The van der Waals surface area contributed by atoms with E-state index in [0.717, 1.165) is 28.9 Å². The Morgan fingerprint density at radius 1 is 0.935 bits per heavy atom. The molecule has 0 bridgehead atoms. The Morgan fingerprint density at radius 3 is 2.02 bits per heavy atom. The molecule has 3 aliphatic rings. The minimum atomic E-state index is 0.203. The van der Waals surface area contributed by atoms with Crippen molar-refractivity contribution >= 4 is 22.6 Å². The van der Waals surface area contributed by atoms with Crippen LogP contribution in [0, 0.1) is 21.8 Å². The number of nitrogens with one attached hydrogen (secondary N) is 1. The molecule has 0 radical (unpaired) electrons. The van der Waals surface area contributed by atoms with E-state index in [1.165, 1.54) is 41.2 Å². The zero-order chi connectivity index (χ0) is 33.0. The summed E-state index contributed by atoms with van der Waals surface area (Å²) >= 11 is 2.27. The number of halogens is 1. The van der Waals surface area contributed by atoms with Crippen molar-refractivity contribution in [3.8, 4) is 18.0 Å². The molecule has 46 heavy (non-hydrogen) atoms. The zero-order valence-electron chi connectivity index (χ0n) is 27.3. The summed E-state index contributed by atoms with van der Waals surface area (Å²) in [6, 6.07) is 16.9. The Bertz CT molecular complexity index is 1250. The fourth-order valence-corrected chi connectivity index (χ4v) is 5.32. The molecule has 3 heterocycles. The third-order valence-electron chi connectivity index (χ3n) is 8.01. The maximum atomic E-state index is 5.59. The molecule has 3 aromatic rings. The van der Waals surface area contributed by atoms with Crippen molar-refractivity contribution in [1.29, 1.82) is 0 Å². The number of ether oxygens (including phenoxy) is 4. The lowest BCUT2D eigenvalue weighted by molar-refractivity contribution is -0.135. The molecule has 0 amide bonds. The molecule has 0 unspecified atom stereocenters. The summed E-state index contributed by atoms with van der Waals surface area (Å²) in [5, 5.41) is 11.6. The van der Waals surface area contributed by atoms with Crippen LogP contribution in [0.3, 0.4) is 0 Å². The van der Waals surface area contributed by atoms with Gasteiger partial charge in [-0.25, -0.2) is 4.68 Å². The number of benzene rings is 2. The van der Waals surface area contributed by atoms with Gasteiger partial charge in [0.25, 0.3) is 0 Å². The number of terminal acetylenes is 1. The normalized spacial score (nSPS) is 19.0. The average molecular weight is 747 g/mol. The van der Waals surface area contributed by atoms with Gasteiger partial charge in [-0.15, -0.1) is 11.5 Å². The van der Waals surface area contributed by atoms with E-state index in [9.17, 15) is 0 Å². The molecule has 1 aromatic heterocycles. The van der Waals surface area contributed by atoms with Crippen LogP contribution in [0.5, 0.6) is 0 Å². The van der Waals surface area contributed by atoms with E-state index < -0.39 is 0 Å². The number of aromatic nitrogens is 3. The van der Waals surface area contributed by atoms with Crippen molar-refractivity contribution < 1.29 is 18.9 Å². The lowest BCUT2D eigenvalue weighted by Gasteiger charge is -2.30. The van der Waals surface area contributed by atoms with Crippen LogP contribution < -0.4 is 16.8 Å². The lowest BCUT2D eigenvalue weighted by atomic mass is 9.83. The van der Waals surface area contributed by atoms with Crippen LogP contribution in [-0.2, 0) is 38.6 Å². The van der Waals surface area contributed by atoms with Gasteiger partial charge in [0.05, 0.1) is 44.9 Å². The molecule has 2 saturated heterocycles. The summed E-state index contributed by atoms with van der Waals surface area (Å²) in [5.74, 6) is 3.35. The molecule has 0 spiro atoms. The molecule has 2 aliphatic heterocycles. The Hall–Kier alpha value is -2.41. The standard InChI is InChI=1S/C13H16N4O2.C9H19N.C7H8IN.C6H8O2/c14-5-10-1-3-12(4-2-10)17-6-11(15-16-17)7-19-13-8-18-9-13;1-3-8-6-4-5-7-9(8)10-2;8-7-3-1-6(5-9)2-4-7;1-2-3-8-6-4-7-5-6/h1-4,6,13H,5,7-9,14H2;8-10H,3-7H2,1-2H3;1-4H,5,9H2;1,6H,3-5H2/t;8-,9-;;/m.0../s1. The van der Waals surface area contributed by atoms with E-state index in [1.807, 2.05) is 42.6 Å². The van der Waals surface area contributed by atoms with Gasteiger partial charge < -0.3 is 35.7 Å². The van der Waals surface area contributed by atoms with Crippen LogP contribution >= 0.6 is 22.6 Å². The Kier molecular flexibility index (Phi) is 18.4. The minimum absolute atomic E-state index is 0.203. The Labute approximate surface area is 288 Å². The third kappa shape index (κ3) is 13.8. The highest BCUT2D eigenvalue weighted by Gasteiger charge is 2.21. The summed E-state index contributed by atoms with van der Waals surface area (Å²) in [7, 11) is 2.10. The van der Waals surface area contributed by atoms with Crippen molar-refractivity contribution in [1.82, 2.24) is 20.3 Å². The van der Waals surface area contributed by atoms with Crippen LogP contribution in [0.25, 0.3) is 5.69 Å². The van der Waals surface area contributed by atoms with Gasteiger partial charge in [-0.2, -0.15) is 0 Å². The largest absolute Gasteiger partial charge is 0.376 e. The Morgan fingerprint density at radius 2 is 1.52 bits per heavy atom. The van der Waals surface area contributed by atoms with Crippen molar-refractivity contribution in [3.63, 3.8) is 0 Å². The molecule has 6 rings (SSSR count). The van der Waals surface area contributed by atoms with Gasteiger partial charge in [0.1, 0.15) is 24.5 Å². The quantitative estimate of drug-likeness (QED) is 0.201. The maximum absolute atomic E-state index is 5.59. The van der Waals surface area contributed by atoms with Crippen LogP contribution in [-0.4, -0.2) is 73.3 Å². The SMILES string of the molecule is C#CCOC1COC1.CC[C@H]1CCCC[C@@H]1NC.NCc1ccc(-n2cc(COC3COC3)nn2)cc1.NCc1ccc(I)cc1. The van der Waals surface area contributed by atoms with Gasteiger partial charge in [0.2, 0.25) is 0 Å². The minimum Gasteiger partial charge on any atom is -0.376 e. The summed E-state index contributed by atoms with van der Waals surface area (Å²) in [4.78, 5) is 0. The van der Waals surface area contributed by atoms with E-state index in [0.29, 0.717) is 52.7 Å². The monoisotopic (exact) mass is 746 g/mol. The topological polar surface area (TPSA) is 132 Å². The van der Waals surface area contributed by atoms with Gasteiger partial charge in [-0.05, 0) is 83.8 Å². The zero-order valence-corrected chi connectivity index (χ0v) is 29.4. The van der Waals surface area contributed by atoms with E-state index in [-0.39, 0.29) is 12.2 Å². The van der Waals surface area contributed by atoms with E-state index in [2.05, 4.69) is 70.2 Å². The lowest BCUT2D eigenvalue weighted by Crippen LogP contribution is -2.36. The van der Waals surface area contributed by atoms with Gasteiger partial charge in [-0.3, -0.25) is 0 Å². The first-order valence-electron chi connectivity index (χ1n) is 16.1. The number of nitrogens with zero attached hydrogens (tertiary/aromatic N) is 3. The van der Waals surface area contributed by atoms with Crippen molar-refractivity contribution in [3.05, 3.63) is 75.1 Å². The summed E-state index contributed by atoms with van der Waals surface area (Å²) in [6.07, 6.45) is 14.4. The smallest absolute Gasteiger partial charge is 0.109 e. The van der Waals surface area contributed by atoms with E-state index in [1.54, 1.807) is 4.68 Å². The van der Waals surface area contributed by atoms with Crippen LogP contribution in [0.4, 0.5) is 0 Å². The second kappa shape index (κ2) is 22.2. The summed E-state index contributed by atoms with van der Waals surface area (Å²) in [6.45, 7) is 7.13. The second-order valence-corrected chi connectivity index (χ2v) is 12.6. The first-order chi connectivity index (χ1) is 22.5. The van der Waals surface area contributed by atoms with Crippen molar-refractivity contribution in [2.24, 2.45) is 17.4 Å². The van der Waals surface area contributed by atoms with Gasteiger partial charge in [0, 0.05) is 22.7 Å². The molecule has 252 valence electrons. The van der Waals surface area contributed by atoms with E-state index in [4.69, 9.17) is 36.8 Å². The number of hydrogen-bond donors (Lipinski definition) is 3. The second-order valence-electron chi connectivity index (χ2n) is 11.3. The molecule has 3 fully saturated rings. The molecular formula is C35H51IN6O4. The predicted octanol–water partition coefficient (Wildman–Crippen LogP) is 4.60. The first kappa shape index (κ1) is 38.0. The first-order valence-corrected chi connectivity index (χ1v) is 17.2. The molecule has 2 aromatic carbocycles. The van der Waals surface area contributed by atoms with Crippen molar-refractivity contribution in [2.45, 2.75) is 77.0 Å². The molecule has 2 atom stereocenters. The highest BCUT2D eigenvalue weighted by atomic mass is 127.